The molecule has 0 aliphatic heterocycles. The van der Waals surface area contributed by atoms with Crippen LogP contribution in [0, 0.1) is 0 Å². The predicted molar refractivity (Wildman–Crippen MR) is 216 cm³/mol. The molecule has 0 bridgehead atoms. The first-order valence-corrected chi connectivity index (χ1v) is 18.1. The van der Waals surface area contributed by atoms with Gasteiger partial charge < -0.3 is 8.82 Å². The highest BCUT2D eigenvalue weighted by molar-refractivity contribution is 6.30. The highest BCUT2D eigenvalue weighted by atomic mass is 16.3. The molecule has 0 spiro atoms. The minimum atomic E-state index is -0.109. The zero-order chi connectivity index (χ0) is 35.0. The lowest BCUT2D eigenvalue weighted by molar-refractivity contribution is 0.623. The summed E-state index contributed by atoms with van der Waals surface area (Å²) in [5.41, 5.74) is 15.1. The summed E-state index contributed by atoms with van der Waals surface area (Å²) >= 11 is 0. The van der Waals surface area contributed by atoms with Gasteiger partial charge in [0.05, 0.1) is 33.1 Å². The van der Waals surface area contributed by atoms with Crippen molar-refractivity contribution in [2.45, 2.75) is 19.3 Å². The molecular weight excluding hydrogens is 649 g/mol. The van der Waals surface area contributed by atoms with Crippen molar-refractivity contribution >= 4 is 60.1 Å². The van der Waals surface area contributed by atoms with Crippen LogP contribution in [0.3, 0.4) is 0 Å². The number of nitrogens with zero attached hydrogens (tertiary/aromatic N) is 4. The van der Waals surface area contributed by atoms with Crippen molar-refractivity contribution in [3.63, 3.8) is 0 Å². The average molecular weight is 679 g/mol. The molecule has 53 heavy (non-hydrogen) atoms. The highest BCUT2D eigenvalue weighted by Gasteiger charge is 2.35. The number of aromatic nitrogens is 4. The molecule has 11 aromatic rings. The SMILES string of the molecule is CC1(C)c2ccccc2-c2ccc(-c3nc(-c4ccc5c(c4)c4c6oc(-c7ccccc7)nc6cc6c7ccccc7n5c64)nc4ccccc34)cc21. The van der Waals surface area contributed by atoms with E-state index in [-0.39, 0.29) is 5.41 Å². The molecular formula is C48H30N4O. The van der Waals surface area contributed by atoms with Crippen LogP contribution in [0.15, 0.2) is 150 Å². The first kappa shape index (κ1) is 28.8. The van der Waals surface area contributed by atoms with Gasteiger partial charge in [-0.2, -0.15) is 0 Å². The largest absolute Gasteiger partial charge is 0.435 e. The molecule has 248 valence electrons. The molecule has 4 aromatic heterocycles. The molecule has 12 rings (SSSR count). The molecule has 0 radical (unpaired) electrons. The van der Waals surface area contributed by atoms with Crippen LogP contribution in [0.5, 0.6) is 0 Å². The van der Waals surface area contributed by atoms with E-state index in [0.29, 0.717) is 11.7 Å². The Morgan fingerprint density at radius 2 is 1.25 bits per heavy atom. The van der Waals surface area contributed by atoms with Crippen LogP contribution in [0.2, 0.25) is 0 Å². The second kappa shape index (κ2) is 10.1. The molecule has 0 saturated carbocycles. The Labute approximate surface area is 304 Å². The number of fused-ring (bicyclic) bond motifs is 12. The van der Waals surface area contributed by atoms with Gasteiger partial charge >= 0.3 is 0 Å². The van der Waals surface area contributed by atoms with E-state index in [4.69, 9.17) is 19.4 Å². The summed E-state index contributed by atoms with van der Waals surface area (Å²) in [6.45, 7) is 4.65. The molecule has 4 heterocycles. The van der Waals surface area contributed by atoms with Gasteiger partial charge in [-0.15, -0.1) is 0 Å². The molecule has 5 heteroatoms. The van der Waals surface area contributed by atoms with E-state index in [9.17, 15) is 0 Å². The monoisotopic (exact) mass is 678 g/mol. The first-order valence-electron chi connectivity index (χ1n) is 18.1. The van der Waals surface area contributed by atoms with Crippen molar-refractivity contribution in [2.75, 3.05) is 0 Å². The van der Waals surface area contributed by atoms with Crippen LogP contribution in [-0.4, -0.2) is 19.4 Å². The fraction of sp³-hybridized carbons (Fsp3) is 0.0625. The van der Waals surface area contributed by atoms with Gasteiger partial charge in [0, 0.05) is 43.7 Å². The number of rotatable bonds is 3. The Hall–Kier alpha value is -6.85. The zero-order valence-electron chi connectivity index (χ0n) is 29.1. The van der Waals surface area contributed by atoms with E-state index >= 15 is 0 Å². The summed E-state index contributed by atoms with van der Waals surface area (Å²) < 4.78 is 9.05. The van der Waals surface area contributed by atoms with Crippen LogP contribution in [0.25, 0.3) is 105 Å². The van der Waals surface area contributed by atoms with E-state index in [2.05, 4.69) is 134 Å². The molecule has 0 amide bonds. The number of hydrogen-bond acceptors (Lipinski definition) is 4. The lowest BCUT2D eigenvalue weighted by Crippen LogP contribution is -2.14. The van der Waals surface area contributed by atoms with Gasteiger partial charge in [-0.25, -0.2) is 15.0 Å². The Balaban J connectivity index is 1.11. The first-order chi connectivity index (χ1) is 26.0. The summed E-state index contributed by atoms with van der Waals surface area (Å²) in [5, 5.41) is 5.55. The maximum absolute atomic E-state index is 6.67. The third kappa shape index (κ3) is 3.83. The normalized spacial score (nSPS) is 13.6. The Kier molecular flexibility index (Phi) is 5.51. The quantitative estimate of drug-likeness (QED) is 0.187. The van der Waals surface area contributed by atoms with Crippen molar-refractivity contribution in [3.8, 4) is 45.2 Å². The fourth-order valence-corrected chi connectivity index (χ4v) is 9.06. The lowest BCUT2D eigenvalue weighted by Gasteiger charge is -2.22. The summed E-state index contributed by atoms with van der Waals surface area (Å²) in [6.07, 6.45) is 0. The number of oxazole rings is 1. The maximum Gasteiger partial charge on any atom is 0.227 e. The van der Waals surface area contributed by atoms with Gasteiger partial charge in [-0.1, -0.05) is 105 Å². The summed E-state index contributed by atoms with van der Waals surface area (Å²) in [6, 6.07) is 51.5. The van der Waals surface area contributed by atoms with Crippen molar-refractivity contribution in [1.82, 2.24) is 19.4 Å². The minimum Gasteiger partial charge on any atom is -0.435 e. The average Bonchev–Trinajstić information content (AvgIpc) is 3.94. The number of para-hydroxylation sites is 2. The van der Waals surface area contributed by atoms with E-state index in [1.807, 2.05) is 30.3 Å². The van der Waals surface area contributed by atoms with Gasteiger partial charge in [0.1, 0.15) is 5.52 Å². The van der Waals surface area contributed by atoms with Crippen LogP contribution < -0.4 is 0 Å². The second-order valence-corrected chi connectivity index (χ2v) is 14.8. The summed E-state index contributed by atoms with van der Waals surface area (Å²) in [5.74, 6) is 1.31. The molecule has 0 saturated heterocycles. The zero-order valence-corrected chi connectivity index (χ0v) is 29.1. The van der Waals surface area contributed by atoms with Crippen LogP contribution in [-0.2, 0) is 5.41 Å². The van der Waals surface area contributed by atoms with Gasteiger partial charge in [0.2, 0.25) is 5.89 Å². The van der Waals surface area contributed by atoms with Crippen LogP contribution >= 0.6 is 0 Å². The molecule has 1 aliphatic rings. The van der Waals surface area contributed by atoms with Crippen LogP contribution in [0.4, 0.5) is 0 Å². The minimum absolute atomic E-state index is 0.109. The highest BCUT2D eigenvalue weighted by Crippen LogP contribution is 2.50. The summed E-state index contributed by atoms with van der Waals surface area (Å²) in [4.78, 5) is 15.6. The van der Waals surface area contributed by atoms with E-state index < -0.39 is 0 Å². The van der Waals surface area contributed by atoms with Gasteiger partial charge in [-0.3, -0.25) is 0 Å². The smallest absolute Gasteiger partial charge is 0.227 e. The topological polar surface area (TPSA) is 56.2 Å². The number of hydrogen-bond donors (Lipinski definition) is 0. The number of benzene rings is 7. The third-order valence-corrected chi connectivity index (χ3v) is 11.6. The van der Waals surface area contributed by atoms with Crippen LogP contribution in [0.1, 0.15) is 25.0 Å². The molecule has 0 atom stereocenters. The van der Waals surface area contributed by atoms with Gasteiger partial charge in [0.25, 0.3) is 0 Å². The Morgan fingerprint density at radius 3 is 2.15 bits per heavy atom. The maximum atomic E-state index is 6.67. The van der Waals surface area contributed by atoms with Gasteiger partial charge in [-0.05, 0) is 76.9 Å². The van der Waals surface area contributed by atoms with Crippen molar-refractivity contribution in [1.29, 1.82) is 0 Å². The Morgan fingerprint density at radius 1 is 0.509 bits per heavy atom. The molecule has 0 unspecified atom stereocenters. The molecule has 0 N–H and O–H groups in total. The second-order valence-electron chi connectivity index (χ2n) is 14.8. The van der Waals surface area contributed by atoms with E-state index in [0.717, 1.165) is 71.7 Å². The lowest BCUT2D eigenvalue weighted by atomic mass is 9.82. The van der Waals surface area contributed by atoms with E-state index in [1.54, 1.807) is 0 Å². The standard InChI is InChI=1S/C48H30N4O/c1-48(2)36-17-9-6-14-30(36)31-22-20-28(25-37(31)48)43-33-16-7-10-18-38(33)49-46(51-43)29-21-23-41-35(24-29)42-44-34(32-15-8-11-19-40(32)52(41)44)26-39-45(42)53-47(50-39)27-12-4-3-5-13-27/h3-26H,1-2H3. The molecule has 1 aliphatic carbocycles. The molecule has 0 fully saturated rings. The van der Waals surface area contributed by atoms with Gasteiger partial charge in [0.15, 0.2) is 11.4 Å². The Bertz CT molecular complexity index is 3320. The molecule has 5 nitrogen and oxygen atoms in total. The van der Waals surface area contributed by atoms with E-state index in [1.165, 1.54) is 33.0 Å². The summed E-state index contributed by atoms with van der Waals surface area (Å²) in [7, 11) is 0. The van der Waals surface area contributed by atoms with Crippen molar-refractivity contribution in [2.24, 2.45) is 0 Å². The molecule has 7 aromatic carbocycles. The third-order valence-electron chi connectivity index (χ3n) is 11.6. The predicted octanol–water partition coefficient (Wildman–Crippen LogP) is 12.2. The van der Waals surface area contributed by atoms with Crippen molar-refractivity contribution in [3.05, 3.63) is 157 Å². The van der Waals surface area contributed by atoms with Crippen molar-refractivity contribution < 1.29 is 4.42 Å². The fourth-order valence-electron chi connectivity index (χ4n) is 9.06.